The maximum Gasteiger partial charge on any atom is -0.0169 e. The summed E-state index contributed by atoms with van der Waals surface area (Å²) < 4.78 is 0. The van der Waals surface area contributed by atoms with Gasteiger partial charge in [-0.15, -0.1) is 0 Å². The first-order valence-corrected chi connectivity index (χ1v) is 6.05. The molecule has 14 heavy (non-hydrogen) atoms. The Kier molecular flexibility index (Phi) is 20.8. The Hall–Kier alpha value is -0.520. The minimum atomic E-state index is 1.08. The molecule has 0 fully saturated rings. The highest BCUT2D eigenvalue weighted by atomic mass is 13.9. The predicted molar refractivity (Wildman–Crippen MR) is 68.7 cm³/mol. The fraction of sp³-hybridized carbons (Fsp3) is 0.714. The third-order valence-corrected chi connectivity index (χ3v) is 1.95. The normalized spacial score (nSPS) is 10.6. The number of hydrogen-bond donors (Lipinski definition) is 0. The first kappa shape index (κ1) is 15.9. The van der Waals surface area contributed by atoms with Crippen LogP contribution in [0.25, 0.3) is 0 Å². The van der Waals surface area contributed by atoms with Crippen molar-refractivity contribution in [2.75, 3.05) is 0 Å². The first-order valence-electron chi connectivity index (χ1n) is 6.05. The molecule has 0 aliphatic carbocycles. The molecule has 0 aromatic heterocycles. The Labute approximate surface area is 91.1 Å². The van der Waals surface area contributed by atoms with Crippen LogP contribution in [-0.2, 0) is 0 Å². The molecule has 0 heteroatoms. The van der Waals surface area contributed by atoms with Gasteiger partial charge in [0.15, 0.2) is 0 Å². The molecule has 0 aromatic carbocycles. The molecule has 0 spiro atoms. The van der Waals surface area contributed by atoms with Gasteiger partial charge in [-0.05, 0) is 20.3 Å². The highest BCUT2D eigenvalue weighted by Crippen LogP contribution is 2.00. The van der Waals surface area contributed by atoms with Crippen molar-refractivity contribution in [2.24, 2.45) is 0 Å². The Balaban J connectivity index is 0. The van der Waals surface area contributed by atoms with E-state index in [1.54, 1.807) is 0 Å². The summed E-state index contributed by atoms with van der Waals surface area (Å²) in [6.45, 7) is 8.55. The van der Waals surface area contributed by atoms with Crippen LogP contribution in [0.1, 0.15) is 66.2 Å². The highest BCUT2D eigenvalue weighted by molar-refractivity contribution is 4.88. The van der Waals surface area contributed by atoms with Crippen LogP contribution in [0.15, 0.2) is 24.3 Å². The summed E-state index contributed by atoms with van der Waals surface area (Å²) >= 11 is 0. The van der Waals surface area contributed by atoms with Gasteiger partial charge in [0.25, 0.3) is 0 Å². The van der Waals surface area contributed by atoms with Crippen LogP contribution in [0, 0.1) is 0 Å². The SMILES string of the molecule is C/C=C\C/C=C\C.CCCCCCC. The lowest BCUT2D eigenvalue weighted by Crippen LogP contribution is -1.70. The van der Waals surface area contributed by atoms with Crippen molar-refractivity contribution in [3.63, 3.8) is 0 Å². The van der Waals surface area contributed by atoms with Crippen molar-refractivity contribution in [2.45, 2.75) is 66.2 Å². The molecule has 0 radical (unpaired) electrons. The minimum Gasteiger partial charge on any atom is -0.0914 e. The lowest BCUT2D eigenvalue weighted by Gasteiger charge is -1.90. The molecular weight excluding hydrogens is 168 g/mol. The fourth-order valence-electron chi connectivity index (χ4n) is 1.03. The monoisotopic (exact) mass is 196 g/mol. The van der Waals surface area contributed by atoms with E-state index in [4.69, 9.17) is 0 Å². The molecule has 0 saturated heterocycles. The van der Waals surface area contributed by atoms with Gasteiger partial charge in [-0.3, -0.25) is 0 Å². The second kappa shape index (κ2) is 18.3. The quantitative estimate of drug-likeness (QED) is 0.388. The van der Waals surface area contributed by atoms with Crippen LogP contribution in [0.3, 0.4) is 0 Å². The van der Waals surface area contributed by atoms with E-state index in [-0.39, 0.29) is 0 Å². The molecule has 0 unspecified atom stereocenters. The zero-order valence-corrected chi connectivity index (χ0v) is 10.6. The van der Waals surface area contributed by atoms with Gasteiger partial charge in [0.05, 0.1) is 0 Å². The average molecular weight is 196 g/mol. The summed E-state index contributed by atoms with van der Waals surface area (Å²) in [5.41, 5.74) is 0. The van der Waals surface area contributed by atoms with Crippen molar-refractivity contribution >= 4 is 0 Å². The molecule has 0 nitrogen and oxygen atoms in total. The topological polar surface area (TPSA) is 0 Å². The zero-order chi connectivity index (χ0) is 11.1. The van der Waals surface area contributed by atoms with E-state index in [2.05, 4.69) is 38.2 Å². The Morgan fingerprint density at radius 1 is 0.714 bits per heavy atom. The van der Waals surface area contributed by atoms with Crippen LogP contribution in [0.2, 0.25) is 0 Å². The lowest BCUT2D eigenvalue weighted by atomic mass is 10.2. The Bertz CT molecular complexity index is 106. The van der Waals surface area contributed by atoms with E-state index in [9.17, 15) is 0 Å². The summed E-state index contributed by atoms with van der Waals surface area (Å²) in [4.78, 5) is 0. The predicted octanol–water partition coefficient (Wildman–Crippen LogP) is 5.51. The summed E-state index contributed by atoms with van der Waals surface area (Å²) in [7, 11) is 0. The van der Waals surface area contributed by atoms with Crippen LogP contribution in [-0.4, -0.2) is 0 Å². The van der Waals surface area contributed by atoms with E-state index < -0.39 is 0 Å². The molecule has 0 rings (SSSR count). The smallest absolute Gasteiger partial charge is 0.0169 e. The van der Waals surface area contributed by atoms with E-state index in [0.29, 0.717) is 0 Å². The lowest BCUT2D eigenvalue weighted by molar-refractivity contribution is 0.656. The molecule has 0 aliphatic heterocycles. The van der Waals surface area contributed by atoms with Gasteiger partial charge in [0.2, 0.25) is 0 Å². The molecule has 0 heterocycles. The van der Waals surface area contributed by atoms with Gasteiger partial charge in [0.1, 0.15) is 0 Å². The summed E-state index contributed by atoms with van der Waals surface area (Å²) in [5.74, 6) is 0. The van der Waals surface area contributed by atoms with Crippen molar-refractivity contribution in [1.29, 1.82) is 0 Å². The molecular formula is C14H28. The van der Waals surface area contributed by atoms with Gasteiger partial charge in [-0.25, -0.2) is 0 Å². The van der Waals surface area contributed by atoms with Gasteiger partial charge in [-0.1, -0.05) is 70.3 Å². The first-order chi connectivity index (χ1) is 6.83. The number of rotatable bonds is 6. The molecule has 0 aliphatic rings. The van der Waals surface area contributed by atoms with Gasteiger partial charge in [0, 0.05) is 0 Å². The van der Waals surface area contributed by atoms with Crippen LogP contribution in [0.5, 0.6) is 0 Å². The second-order valence-electron chi connectivity index (χ2n) is 3.43. The number of unbranched alkanes of at least 4 members (excludes halogenated alkanes) is 4. The zero-order valence-electron chi connectivity index (χ0n) is 10.6. The molecule has 0 N–H and O–H groups in total. The van der Waals surface area contributed by atoms with Crippen molar-refractivity contribution in [3.05, 3.63) is 24.3 Å². The summed E-state index contributed by atoms with van der Waals surface area (Å²) in [6, 6.07) is 0. The third kappa shape index (κ3) is 22.5. The maximum absolute atomic E-state index is 2.25. The standard InChI is InChI=1S/C7H16.C7H12/c2*1-3-5-7-6-4-2/h3-7H2,1-2H3;3-6H,7H2,1-2H3/b;5-3-,6-4-. The van der Waals surface area contributed by atoms with Crippen molar-refractivity contribution < 1.29 is 0 Å². The van der Waals surface area contributed by atoms with E-state index >= 15 is 0 Å². The van der Waals surface area contributed by atoms with Gasteiger partial charge < -0.3 is 0 Å². The maximum atomic E-state index is 2.25. The van der Waals surface area contributed by atoms with Crippen molar-refractivity contribution in [3.8, 4) is 0 Å². The average Bonchev–Trinajstić information content (AvgIpc) is 2.21. The highest BCUT2D eigenvalue weighted by Gasteiger charge is 1.80. The molecule has 84 valence electrons. The molecule has 0 amide bonds. The van der Waals surface area contributed by atoms with Crippen LogP contribution >= 0.6 is 0 Å². The fourth-order valence-corrected chi connectivity index (χ4v) is 1.03. The van der Waals surface area contributed by atoms with Crippen LogP contribution < -0.4 is 0 Å². The summed E-state index contributed by atoms with van der Waals surface area (Å²) in [6.07, 6.45) is 16.4. The van der Waals surface area contributed by atoms with E-state index in [0.717, 1.165) is 6.42 Å². The molecule has 0 aromatic rings. The molecule has 0 bridgehead atoms. The number of hydrogen-bond acceptors (Lipinski definition) is 0. The van der Waals surface area contributed by atoms with Crippen molar-refractivity contribution in [1.82, 2.24) is 0 Å². The van der Waals surface area contributed by atoms with Gasteiger partial charge in [-0.2, -0.15) is 0 Å². The second-order valence-corrected chi connectivity index (χ2v) is 3.43. The molecule has 0 atom stereocenters. The third-order valence-electron chi connectivity index (χ3n) is 1.95. The van der Waals surface area contributed by atoms with E-state index in [1.165, 1.54) is 32.1 Å². The Morgan fingerprint density at radius 2 is 1.14 bits per heavy atom. The van der Waals surface area contributed by atoms with Gasteiger partial charge >= 0.3 is 0 Å². The Morgan fingerprint density at radius 3 is 1.43 bits per heavy atom. The minimum absolute atomic E-state index is 1.08. The van der Waals surface area contributed by atoms with E-state index in [1.807, 2.05) is 13.8 Å². The largest absolute Gasteiger partial charge is 0.0914 e. The molecule has 0 saturated carbocycles. The van der Waals surface area contributed by atoms with Crippen LogP contribution in [0.4, 0.5) is 0 Å². The summed E-state index contributed by atoms with van der Waals surface area (Å²) in [5, 5.41) is 0. The number of allylic oxidation sites excluding steroid dienone is 4.